The predicted octanol–water partition coefficient (Wildman–Crippen LogP) is 5.30. The largest absolute Gasteiger partial charge is 0.464 e. The van der Waals surface area contributed by atoms with Crippen molar-refractivity contribution in [1.29, 1.82) is 0 Å². The van der Waals surface area contributed by atoms with E-state index < -0.39 is 41.3 Å². The molecule has 350 valence electrons. The number of nitrogens with one attached hydrogen (secondary N) is 2. The summed E-state index contributed by atoms with van der Waals surface area (Å²) in [6.45, 7) is 17.6. The summed E-state index contributed by atoms with van der Waals surface area (Å²) in [6, 6.07) is 7.86. The second-order valence-electron chi connectivity index (χ2n) is 19.1. The molecule has 0 aliphatic carbocycles. The number of carbonyl (C=O) groups is 4. The standard InChI is InChI=1S/C48H65N9O7S/c1-9-56-39-15-14-31-22-34(39)35(43(56)33-12-10-16-49-41(33)30(4)62-8)24-48(5,6)28-64-46(60)36-13-11-17-57(52-36)45(59)37(23-40-50-38(31)27-65-40)51-44(58)42(29(2)3)53(7)47(61)55-25-32(26-55)54-18-20-63-21-19-54/h10,12,14-16,22,27,29-30,32,36-37,42,52H,9,11,13,17-21,23-26,28H2,1-8H3,(H,51,58)/t30-,36-,37?,42-/m0/s1. The summed E-state index contributed by atoms with van der Waals surface area (Å²) < 4.78 is 19.8. The number of carbonyl (C=O) groups excluding carboxylic acids is 4. The van der Waals surface area contributed by atoms with Gasteiger partial charge in [-0.15, -0.1) is 11.3 Å². The molecule has 65 heavy (non-hydrogen) atoms. The number of hydrogen-bond donors (Lipinski definition) is 2. The summed E-state index contributed by atoms with van der Waals surface area (Å²) >= 11 is 1.43. The number of aromatic nitrogens is 3. The number of pyridine rings is 1. The van der Waals surface area contributed by atoms with Crippen LogP contribution < -0.4 is 10.7 Å². The van der Waals surface area contributed by atoms with Crippen molar-refractivity contribution in [2.24, 2.45) is 11.3 Å². The molecule has 3 saturated heterocycles. The SMILES string of the molecule is CCn1c(-c2cccnc2[C@H](C)OC)c2c3cc(ccc31)-c1csc(n1)CC(NC(=O)[C@H](C(C)C)N(C)C(=O)N1CC(N3CCOCC3)C1)C(=O)N1CCC[C@H](N1)C(=O)OCC(C)(C)C2. The number of aryl methyl sites for hydroxylation is 1. The molecule has 7 heterocycles. The zero-order valence-electron chi connectivity index (χ0n) is 39.1. The molecule has 2 N–H and O–H groups in total. The van der Waals surface area contributed by atoms with Crippen LogP contribution in [0.3, 0.4) is 0 Å². The van der Waals surface area contributed by atoms with Gasteiger partial charge in [-0.05, 0) is 68.9 Å². The normalized spacial score (nSPS) is 22.0. The Balaban J connectivity index is 1.13. The van der Waals surface area contributed by atoms with Crippen LogP contribution in [0.25, 0.3) is 33.4 Å². The molecule has 4 atom stereocenters. The second kappa shape index (κ2) is 19.5. The number of cyclic esters (lactones) is 1. The molecule has 4 aliphatic rings. The van der Waals surface area contributed by atoms with Gasteiger partial charge in [0.1, 0.15) is 18.1 Å². The fourth-order valence-electron chi connectivity index (χ4n) is 9.87. The number of esters is 1. The molecule has 1 aromatic carbocycles. The average molecular weight is 912 g/mol. The minimum atomic E-state index is -1.04. The highest BCUT2D eigenvalue weighted by atomic mass is 32.1. The maximum Gasteiger partial charge on any atom is 0.324 e. The van der Waals surface area contributed by atoms with E-state index in [4.69, 9.17) is 24.2 Å². The van der Waals surface area contributed by atoms with Gasteiger partial charge in [0.05, 0.1) is 48.0 Å². The van der Waals surface area contributed by atoms with Crippen LogP contribution in [0.5, 0.6) is 0 Å². The number of hydrazine groups is 1. The van der Waals surface area contributed by atoms with E-state index in [-0.39, 0.29) is 37.1 Å². The van der Waals surface area contributed by atoms with Gasteiger partial charge in [-0.25, -0.2) is 15.2 Å². The topological polar surface area (TPSA) is 164 Å². The number of fused-ring (bicyclic) bond motifs is 6. The molecule has 1 unspecified atom stereocenters. The molecule has 17 heteroatoms. The van der Waals surface area contributed by atoms with Crippen LogP contribution in [0.4, 0.5) is 4.79 Å². The first kappa shape index (κ1) is 46.6. The Labute approximate surface area is 385 Å². The fourth-order valence-corrected chi connectivity index (χ4v) is 10.7. The van der Waals surface area contributed by atoms with E-state index in [9.17, 15) is 19.2 Å². The Bertz CT molecular complexity index is 2390. The first-order valence-electron chi connectivity index (χ1n) is 23.1. The van der Waals surface area contributed by atoms with Crippen LogP contribution in [0.1, 0.15) is 76.8 Å². The number of rotatable bonds is 9. The molecule has 4 amide bonds. The maximum atomic E-state index is 14.6. The summed E-state index contributed by atoms with van der Waals surface area (Å²) in [5.41, 5.74) is 9.40. The Kier molecular flexibility index (Phi) is 14.0. The zero-order valence-corrected chi connectivity index (χ0v) is 39.9. The zero-order chi connectivity index (χ0) is 46.2. The van der Waals surface area contributed by atoms with Gasteiger partial charge in [0, 0.05) is 105 Å². The van der Waals surface area contributed by atoms with Gasteiger partial charge in [0.2, 0.25) is 5.91 Å². The summed E-state index contributed by atoms with van der Waals surface area (Å²) in [7, 11) is 3.35. The highest BCUT2D eigenvalue weighted by Gasteiger charge is 2.42. The predicted molar refractivity (Wildman–Crippen MR) is 249 cm³/mol. The number of morpholine rings is 1. The van der Waals surface area contributed by atoms with Crippen LogP contribution in [0, 0.1) is 11.3 Å². The van der Waals surface area contributed by atoms with Crippen molar-refractivity contribution < 1.29 is 33.4 Å². The molecule has 0 radical (unpaired) electrons. The first-order chi connectivity index (χ1) is 31.2. The van der Waals surface area contributed by atoms with Crippen LogP contribution in [0.2, 0.25) is 0 Å². The van der Waals surface area contributed by atoms with E-state index in [1.54, 1.807) is 25.3 Å². The molecule has 4 aromatic rings. The van der Waals surface area contributed by atoms with E-state index in [1.165, 1.54) is 21.2 Å². The van der Waals surface area contributed by atoms with Crippen molar-refractivity contribution in [2.75, 3.05) is 66.7 Å². The Morgan fingerprint density at radius 2 is 1.88 bits per heavy atom. The summed E-state index contributed by atoms with van der Waals surface area (Å²) in [5, 5.41) is 8.23. The van der Waals surface area contributed by atoms with Crippen molar-refractivity contribution in [3.8, 4) is 22.5 Å². The van der Waals surface area contributed by atoms with Crippen molar-refractivity contribution in [1.82, 2.24) is 45.0 Å². The summed E-state index contributed by atoms with van der Waals surface area (Å²) in [5.74, 6) is -1.52. The second-order valence-corrected chi connectivity index (χ2v) is 20.0. The van der Waals surface area contributed by atoms with E-state index in [0.717, 1.165) is 57.8 Å². The van der Waals surface area contributed by atoms with Crippen molar-refractivity contribution >= 4 is 46.1 Å². The molecular weight excluding hydrogens is 847 g/mol. The van der Waals surface area contributed by atoms with Gasteiger partial charge in [-0.2, -0.15) is 0 Å². The lowest BCUT2D eigenvalue weighted by Gasteiger charge is -2.48. The number of likely N-dealkylation sites (N-methyl/N-ethyl adjacent to an activating group) is 1. The highest BCUT2D eigenvalue weighted by Crippen LogP contribution is 2.42. The quantitative estimate of drug-likeness (QED) is 0.210. The number of hydrogen-bond acceptors (Lipinski definition) is 12. The number of likely N-dealkylation sites (tertiary alicyclic amines) is 1. The smallest absolute Gasteiger partial charge is 0.324 e. The Morgan fingerprint density at radius 1 is 1.11 bits per heavy atom. The maximum absolute atomic E-state index is 14.6. The average Bonchev–Trinajstić information content (AvgIpc) is 3.88. The molecule has 16 nitrogen and oxygen atoms in total. The van der Waals surface area contributed by atoms with Gasteiger partial charge >= 0.3 is 12.0 Å². The van der Waals surface area contributed by atoms with Crippen LogP contribution in [0.15, 0.2) is 41.9 Å². The lowest BCUT2D eigenvalue weighted by atomic mass is 9.84. The van der Waals surface area contributed by atoms with Gasteiger partial charge in [-0.1, -0.05) is 33.8 Å². The van der Waals surface area contributed by atoms with E-state index in [2.05, 4.69) is 65.2 Å². The third-order valence-electron chi connectivity index (χ3n) is 13.5. The summed E-state index contributed by atoms with van der Waals surface area (Å²) in [6.07, 6.45) is 3.30. The minimum absolute atomic E-state index is 0.109. The lowest BCUT2D eigenvalue weighted by Crippen LogP contribution is -2.66. The molecule has 0 spiro atoms. The van der Waals surface area contributed by atoms with Gasteiger partial charge in [-0.3, -0.25) is 29.3 Å². The Morgan fingerprint density at radius 3 is 2.60 bits per heavy atom. The molecule has 3 fully saturated rings. The first-order valence-corrected chi connectivity index (χ1v) is 24.0. The number of ether oxygens (including phenoxy) is 3. The van der Waals surface area contributed by atoms with Crippen molar-refractivity contribution in [3.63, 3.8) is 0 Å². The number of urea groups is 1. The monoisotopic (exact) mass is 911 g/mol. The number of nitrogens with zero attached hydrogens (tertiary/aromatic N) is 7. The Hall–Kier alpha value is -4.94. The van der Waals surface area contributed by atoms with Crippen molar-refractivity contribution in [3.05, 3.63) is 58.2 Å². The molecule has 4 aliphatic heterocycles. The lowest BCUT2D eigenvalue weighted by molar-refractivity contribution is -0.155. The van der Waals surface area contributed by atoms with Gasteiger partial charge < -0.3 is 33.9 Å². The van der Waals surface area contributed by atoms with Gasteiger partial charge in [0.15, 0.2) is 0 Å². The number of methoxy groups -OCH3 is 1. The fraction of sp³-hybridized carbons (Fsp3) is 0.583. The highest BCUT2D eigenvalue weighted by molar-refractivity contribution is 7.10. The third kappa shape index (κ3) is 9.66. The van der Waals surface area contributed by atoms with E-state index >= 15 is 0 Å². The number of amides is 4. The van der Waals surface area contributed by atoms with Crippen LogP contribution in [-0.2, 0) is 48.0 Å². The molecule has 0 saturated carbocycles. The molecule has 8 rings (SSSR count). The molecule has 6 bridgehead atoms. The number of benzene rings is 1. The van der Waals surface area contributed by atoms with E-state index in [0.29, 0.717) is 63.7 Å². The molecule has 3 aromatic heterocycles. The van der Waals surface area contributed by atoms with Crippen LogP contribution in [-0.4, -0.2) is 149 Å². The minimum Gasteiger partial charge on any atom is -0.464 e. The van der Waals surface area contributed by atoms with Crippen LogP contribution >= 0.6 is 11.3 Å². The van der Waals surface area contributed by atoms with Gasteiger partial charge in [0.25, 0.3) is 5.91 Å². The van der Waals surface area contributed by atoms with Crippen molar-refractivity contribution in [2.45, 2.75) is 104 Å². The number of thiazole rings is 1. The molecular formula is C48H65N9O7S. The van der Waals surface area contributed by atoms with E-state index in [1.807, 2.05) is 32.2 Å². The third-order valence-corrected chi connectivity index (χ3v) is 14.3. The summed E-state index contributed by atoms with van der Waals surface area (Å²) in [4.78, 5) is 72.4.